The molecule has 1 amide bonds. The lowest BCUT2D eigenvalue weighted by molar-refractivity contribution is -0.595. The van der Waals surface area contributed by atoms with Gasteiger partial charge in [-0.3, -0.25) is 4.79 Å². The van der Waals surface area contributed by atoms with E-state index in [0.717, 1.165) is 31.3 Å². The maximum absolute atomic E-state index is 12.3. The molecule has 34 heavy (non-hydrogen) atoms. The smallest absolute Gasteiger partial charge is 0.251 e. The largest absolute Gasteiger partial charge is 0.494 e. The van der Waals surface area contributed by atoms with Gasteiger partial charge in [0.2, 0.25) is 10.0 Å². The van der Waals surface area contributed by atoms with Crippen LogP contribution in [-0.2, 0) is 10.0 Å². The standard InChI is InChI=1S/C26H35N3O4S/c1-5-33-25-8-6-7-22(18-25)19(2)29(3)24-14-13-23(17-24)20-9-11-21(12-10-20)26(30)27-15-16-28-34(4,31)32/h6-12,18-19,23-24,28H,3,5,13-17H2,1-2,4H3/p+1. The molecule has 3 unspecified atom stereocenters. The van der Waals surface area contributed by atoms with Crippen molar-refractivity contribution in [2.75, 3.05) is 26.0 Å². The van der Waals surface area contributed by atoms with Crippen molar-refractivity contribution >= 4 is 22.6 Å². The predicted molar refractivity (Wildman–Crippen MR) is 135 cm³/mol. The van der Waals surface area contributed by atoms with E-state index in [-0.39, 0.29) is 25.0 Å². The number of sulfonamides is 1. The van der Waals surface area contributed by atoms with Crippen LogP contribution in [0.2, 0.25) is 0 Å². The van der Waals surface area contributed by atoms with E-state index < -0.39 is 10.0 Å². The zero-order valence-electron chi connectivity index (χ0n) is 20.3. The number of ether oxygens (including phenoxy) is 1. The van der Waals surface area contributed by atoms with Crippen molar-refractivity contribution in [3.05, 3.63) is 65.2 Å². The van der Waals surface area contributed by atoms with Crippen LogP contribution in [-0.4, -0.2) is 57.6 Å². The number of nitrogens with one attached hydrogen (secondary N) is 2. The predicted octanol–water partition coefficient (Wildman–Crippen LogP) is 3.47. The van der Waals surface area contributed by atoms with E-state index in [0.29, 0.717) is 24.1 Å². The number of benzene rings is 2. The first kappa shape index (κ1) is 25.9. The third-order valence-corrected chi connectivity index (χ3v) is 7.17. The van der Waals surface area contributed by atoms with Crippen LogP contribution in [0.25, 0.3) is 0 Å². The molecule has 7 nitrogen and oxygen atoms in total. The SMILES string of the molecule is C=[N+](C1CCC(c2ccc(C(=O)NCCNS(C)(=O)=O)cc2)C1)C(C)c1cccc(OCC)c1. The van der Waals surface area contributed by atoms with E-state index in [4.69, 9.17) is 4.74 Å². The van der Waals surface area contributed by atoms with Gasteiger partial charge in [-0.15, -0.1) is 0 Å². The van der Waals surface area contributed by atoms with Gasteiger partial charge >= 0.3 is 0 Å². The van der Waals surface area contributed by atoms with Crippen LogP contribution in [0, 0.1) is 0 Å². The fraction of sp³-hybridized carbons (Fsp3) is 0.462. The molecular formula is C26H36N3O4S+. The van der Waals surface area contributed by atoms with Crippen LogP contribution in [0.5, 0.6) is 5.75 Å². The average Bonchev–Trinajstić information content (AvgIpc) is 3.31. The van der Waals surface area contributed by atoms with E-state index in [1.54, 1.807) is 0 Å². The number of nitrogens with zero attached hydrogens (tertiary/aromatic N) is 1. The van der Waals surface area contributed by atoms with E-state index in [1.165, 1.54) is 11.1 Å². The highest BCUT2D eigenvalue weighted by Crippen LogP contribution is 2.37. The molecule has 0 bridgehead atoms. The van der Waals surface area contributed by atoms with E-state index in [2.05, 4.69) is 40.4 Å². The Morgan fingerprint density at radius 1 is 1.18 bits per heavy atom. The summed E-state index contributed by atoms with van der Waals surface area (Å²) in [4.78, 5) is 12.3. The quantitative estimate of drug-likeness (QED) is 0.289. The number of amides is 1. The highest BCUT2D eigenvalue weighted by atomic mass is 32.2. The Morgan fingerprint density at radius 2 is 1.91 bits per heavy atom. The van der Waals surface area contributed by atoms with Gasteiger partial charge in [-0.1, -0.05) is 24.3 Å². The minimum absolute atomic E-state index is 0.169. The maximum Gasteiger partial charge on any atom is 0.251 e. The van der Waals surface area contributed by atoms with E-state index >= 15 is 0 Å². The summed E-state index contributed by atoms with van der Waals surface area (Å²) < 4.78 is 32.4. The molecule has 1 saturated carbocycles. The Balaban J connectivity index is 1.54. The zero-order chi connectivity index (χ0) is 24.7. The summed E-state index contributed by atoms with van der Waals surface area (Å²) in [5.74, 6) is 1.12. The Morgan fingerprint density at radius 3 is 2.59 bits per heavy atom. The summed E-state index contributed by atoms with van der Waals surface area (Å²) in [6.45, 7) is 9.61. The summed E-state index contributed by atoms with van der Waals surface area (Å²) in [7, 11) is -3.25. The zero-order valence-corrected chi connectivity index (χ0v) is 21.1. The van der Waals surface area contributed by atoms with Gasteiger partial charge in [0.1, 0.15) is 12.5 Å². The van der Waals surface area contributed by atoms with Crippen LogP contribution in [0.3, 0.4) is 0 Å². The number of hydrogen-bond acceptors (Lipinski definition) is 4. The third kappa shape index (κ3) is 7.14. The Hall–Kier alpha value is -2.71. The normalized spacial score (nSPS) is 18.9. The molecule has 0 spiro atoms. The second-order valence-electron chi connectivity index (χ2n) is 8.90. The van der Waals surface area contributed by atoms with E-state index in [1.807, 2.05) is 43.3 Å². The fourth-order valence-corrected chi connectivity index (χ4v) is 4.99. The van der Waals surface area contributed by atoms with Crippen molar-refractivity contribution in [1.29, 1.82) is 0 Å². The Labute approximate surface area is 203 Å². The molecule has 0 aliphatic heterocycles. The lowest BCUT2D eigenvalue weighted by Gasteiger charge is -2.17. The van der Waals surface area contributed by atoms with Crippen molar-refractivity contribution in [3.63, 3.8) is 0 Å². The maximum atomic E-state index is 12.3. The van der Waals surface area contributed by atoms with Crippen molar-refractivity contribution in [2.24, 2.45) is 0 Å². The van der Waals surface area contributed by atoms with Crippen LogP contribution < -0.4 is 14.8 Å². The van der Waals surface area contributed by atoms with Gasteiger partial charge < -0.3 is 10.1 Å². The number of rotatable bonds is 11. The first-order chi connectivity index (χ1) is 16.2. The third-order valence-electron chi connectivity index (χ3n) is 6.44. The van der Waals surface area contributed by atoms with Crippen LogP contribution in [0.4, 0.5) is 0 Å². The highest BCUT2D eigenvalue weighted by molar-refractivity contribution is 7.88. The van der Waals surface area contributed by atoms with Gasteiger partial charge in [0.05, 0.1) is 12.9 Å². The molecule has 3 atom stereocenters. The average molecular weight is 487 g/mol. The molecule has 2 N–H and O–H groups in total. The lowest BCUT2D eigenvalue weighted by Crippen LogP contribution is -2.34. The Bertz CT molecular complexity index is 1100. The number of hydrogen-bond donors (Lipinski definition) is 2. The molecule has 3 rings (SSSR count). The van der Waals surface area contributed by atoms with Crippen LogP contribution in [0.1, 0.15) is 66.6 Å². The van der Waals surface area contributed by atoms with Crippen molar-refractivity contribution in [3.8, 4) is 5.75 Å². The minimum atomic E-state index is -3.25. The second-order valence-corrected chi connectivity index (χ2v) is 10.7. The molecule has 184 valence electrons. The van der Waals surface area contributed by atoms with Gasteiger partial charge in [0, 0.05) is 44.0 Å². The van der Waals surface area contributed by atoms with Crippen LogP contribution >= 0.6 is 0 Å². The van der Waals surface area contributed by atoms with Crippen molar-refractivity contribution in [2.45, 2.75) is 51.1 Å². The molecule has 1 aliphatic carbocycles. The summed E-state index contributed by atoms with van der Waals surface area (Å²) in [5, 5.41) is 2.73. The number of carbonyl (C=O) groups excluding carboxylic acids is 1. The molecule has 0 aromatic heterocycles. The summed E-state index contributed by atoms with van der Waals surface area (Å²) >= 11 is 0. The Kier molecular flexibility index (Phi) is 8.85. The molecule has 2 aromatic carbocycles. The molecule has 8 heteroatoms. The van der Waals surface area contributed by atoms with E-state index in [9.17, 15) is 13.2 Å². The highest BCUT2D eigenvalue weighted by Gasteiger charge is 2.34. The summed E-state index contributed by atoms with van der Waals surface area (Å²) in [6.07, 6.45) is 4.29. The van der Waals surface area contributed by atoms with Gasteiger partial charge in [-0.05, 0) is 49.1 Å². The molecule has 1 aliphatic rings. The molecule has 0 heterocycles. The van der Waals surface area contributed by atoms with Gasteiger partial charge in [-0.2, -0.15) is 0 Å². The number of carbonyl (C=O) groups is 1. The van der Waals surface area contributed by atoms with Crippen LogP contribution in [0.15, 0.2) is 48.5 Å². The second kappa shape index (κ2) is 11.6. The molecule has 2 aromatic rings. The molecule has 0 saturated heterocycles. The van der Waals surface area contributed by atoms with Gasteiger partial charge in [0.25, 0.3) is 5.91 Å². The first-order valence-corrected chi connectivity index (χ1v) is 13.7. The molecule has 0 radical (unpaired) electrons. The van der Waals surface area contributed by atoms with Crippen molar-refractivity contribution < 1.29 is 22.5 Å². The minimum Gasteiger partial charge on any atom is -0.494 e. The monoisotopic (exact) mass is 486 g/mol. The lowest BCUT2D eigenvalue weighted by atomic mass is 9.96. The first-order valence-electron chi connectivity index (χ1n) is 11.8. The molecule has 1 fully saturated rings. The topological polar surface area (TPSA) is 87.5 Å². The fourth-order valence-electron chi connectivity index (χ4n) is 4.52. The van der Waals surface area contributed by atoms with Crippen molar-refractivity contribution in [1.82, 2.24) is 10.0 Å². The molecular weight excluding hydrogens is 450 g/mol. The summed E-state index contributed by atoms with van der Waals surface area (Å²) in [6, 6.07) is 16.5. The summed E-state index contributed by atoms with van der Waals surface area (Å²) in [5.41, 5.74) is 3.00. The van der Waals surface area contributed by atoms with Gasteiger partial charge in [0.15, 0.2) is 12.1 Å². The van der Waals surface area contributed by atoms with Gasteiger partial charge in [-0.25, -0.2) is 17.7 Å².